The van der Waals surface area contributed by atoms with Crippen molar-refractivity contribution in [3.63, 3.8) is 0 Å². The molecule has 126 valence electrons. The molecule has 0 atom stereocenters. The lowest BCUT2D eigenvalue weighted by Gasteiger charge is -2.13. The Labute approximate surface area is 143 Å². The minimum Gasteiger partial charge on any atom is -0.356 e. The highest BCUT2D eigenvalue weighted by Gasteiger charge is 2.07. The molecule has 0 unspecified atom stereocenters. The first-order valence-electron chi connectivity index (χ1n) is 7.52. The maximum Gasteiger partial charge on any atom is 0.253 e. The normalized spacial score (nSPS) is 11.0. The Morgan fingerprint density at radius 1 is 1.30 bits per heavy atom. The molecule has 6 heteroatoms. The van der Waals surface area contributed by atoms with Crippen LogP contribution in [-0.2, 0) is 6.54 Å². The second kappa shape index (κ2) is 10.7. The molecule has 0 spiro atoms. The van der Waals surface area contributed by atoms with E-state index in [4.69, 9.17) is 0 Å². The second-order valence-electron chi connectivity index (χ2n) is 5.11. The van der Waals surface area contributed by atoms with Gasteiger partial charge in [0, 0.05) is 51.3 Å². The number of aliphatic imine (C=N–C) groups is 1. The quantitative estimate of drug-likeness (QED) is 0.330. The summed E-state index contributed by atoms with van der Waals surface area (Å²) >= 11 is 1.83. The van der Waals surface area contributed by atoms with Crippen molar-refractivity contribution in [2.75, 3.05) is 39.2 Å². The van der Waals surface area contributed by atoms with Crippen molar-refractivity contribution in [2.24, 2.45) is 4.99 Å². The number of carbonyl (C=O) groups is 1. The number of amides is 1. The molecule has 0 aliphatic heterocycles. The number of thioether (sulfide) groups is 1. The molecule has 1 aromatic carbocycles. The van der Waals surface area contributed by atoms with Crippen molar-refractivity contribution < 1.29 is 4.79 Å². The average Bonchev–Trinajstić information content (AvgIpc) is 2.57. The number of guanidine groups is 1. The number of hydrogen-bond donors (Lipinski definition) is 2. The summed E-state index contributed by atoms with van der Waals surface area (Å²) in [5.74, 6) is 2.76. The van der Waals surface area contributed by atoms with Gasteiger partial charge in [0.2, 0.25) is 0 Å². The Bertz CT molecular complexity index is 526. The lowest BCUT2D eigenvalue weighted by atomic mass is 10.1. The molecule has 5 nitrogen and oxygen atoms in total. The molecule has 0 saturated heterocycles. The highest BCUT2D eigenvalue weighted by molar-refractivity contribution is 7.99. The van der Waals surface area contributed by atoms with Crippen LogP contribution in [0, 0.1) is 0 Å². The minimum atomic E-state index is 0.0130. The summed E-state index contributed by atoms with van der Waals surface area (Å²) in [7, 11) is 5.26. The van der Waals surface area contributed by atoms with Crippen LogP contribution in [0.4, 0.5) is 0 Å². The van der Waals surface area contributed by atoms with Gasteiger partial charge in [0.15, 0.2) is 5.96 Å². The van der Waals surface area contributed by atoms with Gasteiger partial charge < -0.3 is 15.5 Å². The van der Waals surface area contributed by atoms with Gasteiger partial charge in [0.25, 0.3) is 5.91 Å². The average molecular weight is 334 g/mol. The van der Waals surface area contributed by atoms with Crippen LogP contribution in [0.15, 0.2) is 41.9 Å². The van der Waals surface area contributed by atoms with E-state index in [-0.39, 0.29) is 5.91 Å². The number of carbonyl (C=O) groups excluding carboxylic acids is 1. The van der Waals surface area contributed by atoms with E-state index in [0.717, 1.165) is 29.6 Å². The highest BCUT2D eigenvalue weighted by Crippen LogP contribution is 2.06. The van der Waals surface area contributed by atoms with Crippen molar-refractivity contribution in [3.05, 3.63) is 48.0 Å². The van der Waals surface area contributed by atoms with Gasteiger partial charge in [-0.05, 0) is 17.7 Å². The van der Waals surface area contributed by atoms with Crippen LogP contribution in [0.1, 0.15) is 15.9 Å². The van der Waals surface area contributed by atoms with Crippen molar-refractivity contribution in [1.29, 1.82) is 0 Å². The van der Waals surface area contributed by atoms with E-state index in [9.17, 15) is 4.79 Å². The van der Waals surface area contributed by atoms with Crippen molar-refractivity contribution in [1.82, 2.24) is 15.5 Å². The van der Waals surface area contributed by atoms with Gasteiger partial charge in [-0.15, -0.1) is 6.58 Å². The van der Waals surface area contributed by atoms with Crippen molar-refractivity contribution in [2.45, 2.75) is 6.54 Å². The highest BCUT2D eigenvalue weighted by atomic mass is 32.2. The van der Waals surface area contributed by atoms with Crippen LogP contribution in [0.25, 0.3) is 0 Å². The summed E-state index contributed by atoms with van der Waals surface area (Å²) in [4.78, 5) is 17.6. The molecular formula is C17H26N4OS. The molecule has 0 saturated carbocycles. The zero-order valence-corrected chi connectivity index (χ0v) is 14.9. The summed E-state index contributed by atoms with van der Waals surface area (Å²) < 4.78 is 0. The van der Waals surface area contributed by atoms with E-state index < -0.39 is 0 Å². The molecule has 0 aliphatic carbocycles. The van der Waals surface area contributed by atoms with E-state index in [1.54, 1.807) is 26.0 Å². The molecule has 0 bridgehead atoms. The maximum atomic E-state index is 11.8. The van der Waals surface area contributed by atoms with Gasteiger partial charge in [0.05, 0.1) is 0 Å². The molecular weight excluding hydrogens is 308 g/mol. The topological polar surface area (TPSA) is 56.7 Å². The smallest absolute Gasteiger partial charge is 0.253 e. The summed E-state index contributed by atoms with van der Waals surface area (Å²) in [6.07, 6.45) is 1.91. The maximum absolute atomic E-state index is 11.8. The van der Waals surface area contributed by atoms with Gasteiger partial charge in [-0.25, -0.2) is 0 Å². The van der Waals surface area contributed by atoms with Crippen LogP contribution in [0.2, 0.25) is 0 Å². The standard InChI is InChI=1S/C17H26N4OS/c1-5-11-23-12-10-19-17(18-2)20-13-14-6-8-15(9-7-14)16(22)21(3)4/h5-9H,1,10-13H2,2-4H3,(H2,18,19,20). The molecule has 1 rings (SSSR count). The van der Waals surface area contributed by atoms with Crippen LogP contribution in [0.3, 0.4) is 0 Å². The number of rotatable bonds is 8. The largest absolute Gasteiger partial charge is 0.356 e. The van der Waals surface area contributed by atoms with E-state index in [0.29, 0.717) is 12.1 Å². The van der Waals surface area contributed by atoms with Gasteiger partial charge in [-0.3, -0.25) is 9.79 Å². The lowest BCUT2D eigenvalue weighted by Crippen LogP contribution is -2.38. The molecule has 23 heavy (non-hydrogen) atoms. The molecule has 2 N–H and O–H groups in total. The molecule has 0 heterocycles. The minimum absolute atomic E-state index is 0.0130. The zero-order chi connectivity index (χ0) is 17.1. The van der Waals surface area contributed by atoms with E-state index in [1.807, 2.05) is 42.1 Å². The fraction of sp³-hybridized carbons (Fsp3) is 0.412. The molecule has 0 aliphatic rings. The summed E-state index contributed by atoms with van der Waals surface area (Å²) in [6, 6.07) is 7.61. The van der Waals surface area contributed by atoms with Crippen molar-refractivity contribution in [3.8, 4) is 0 Å². The van der Waals surface area contributed by atoms with Gasteiger partial charge in [0.1, 0.15) is 0 Å². The first-order valence-corrected chi connectivity index (χ1v) is 8.67. The fourth-order valence-corrected chi connectivity index (χ4v) is 2.42. The van der Waals surface area contributed by atoms with Crippen LogP contribution in [-0.4, -0.2) is 56.0 Å². The Balaban J connectivity index is 2.40. The van der Waals surface area contributed by atoms with Gasteiger partial charge >= 0.3 is 0 Å². The Morgan fingerprint density at radius 3 is 2.57 bits per heavy atom. The first kappa shape index (κ1) is 19.1. The number of hydrogen-bond acceptors (Lipinski definition) is 3. The zero-order valence-electron chi connectivity index (χ0n) is 14.1. The van der Waals surface area contributed by atoms with Crippen LogP contribution >= 0.6 is 11.8 Å². The second-order valence-corrected chi connectivity index (χ2v) is 6.26. The number of nitrogens with one attached hydrogen (secondary N) is 2. The third-order valence-electron chi connectivity index (χ3n) is 3.07. The number of benzene rings is 1. The summed E-state index contributed by atoms with van der Waals surface area (Å²) in [5.41, 5.74) is 1.80. The predicted octanol–water partition coefficient (Wildman–Crippen LogP) is 1.97. The van der Waals surface area contributed by atoms with Gasteiger partial charge in [-0.1, -0.05) is 18.2 Å². The Kier molecular flexibility index (Phi) is 8.90. The molecule has 0 aromatic heterocycles. The van der Waals surface area contributed by atoms with Gasteiger partial charge in [-0.2, -0.15) is 11.8 Å². The summed E-state index contributed by atoms with van der Waals surface area (Å²) in [6.45, 7) is 5.22. The van der Waals surface area contributed by atoms with E-state index >= 15 is 0 Å². The lowest BCUT2D eigenvalue weighted by molar-refractivity contribution is 0.0827. The molecule has 1 aromatic rings. The van der Waals surface area contributed by atoms with Crippen LogP contribution < -0.4 is 10.6 Å². The predicted molar refractivity (Wildman–Crippen MR) is 100 cm³/mol. The fourth-order valence-electron chi connectivity index (χ4n) is 1.84. The third-order valence-corrected chi connectivity index (χ3v) is 4.03. The Morgan fingerprint density at radius 2 is 2.00 bits per heavy atom. The van der Waals surface area contributed by atoms with E-state index in [1.165, 1.54) is 0 Å². The summed E-state index contributed by atoms with van der Waals surface area (Å²) in [5, 5.41) is 6.53. The number of nitrogens with zero attached hydrogens (tertiary/aromatic N) is 2. The molecule has 1 amide bonds. The molecule has 0 fully saturated rings. The SMILES string of the molecule is C=CCSCCNC(=NC)NCc1ccc(C(=O)N(C)C)cc1. The van der Waals surface area contributed by atoms with E-state index in [2.05, 4.69) is 22.2 Å². The molecule has 0 radical (unpaired) electrons. The monoisotopic (exact) mass is 334 g/mol. The Hall–Kier alpha value is -1.95. The first-order chi connectivity index (χ1) is 11.1. The van der Waals surface area contributed by atoms with Crippen LogP contribution in [0.5, 0.6) is 0 Å². The van der Waals surface area contributed by atoms with Crippen molar-refractivity contribution >= 4 is 23.6 Å². The third kappa shape index (κ3) is 7.23.